The summed E-state index contributed by atoms with van der Waals surface area (Å²) < 4.78 is 0. The maximum atomic E-state index is 12.1. The standard InChI is InChI=1S/C18H22N2O/c1-13-4-5-16(14(2)12-13)6-7-18(21)20-15(3)17-8-10-19-11-9-17/h4-5,8-12,15H,6-7H2,1-3H3,(H,20,21). The molecular weight excluding hydrogens is 260 g/mol. The number of rotatable bonds is 5. The van der Waals surface area contributed by atoms with E-state index in [2.05, 4.69) is 42.3 Å². The van der Waals surface area contributed by atoms with Crippen molar-refractivity contribution >= 4 is 5.91 Å². The number of aryl methyl sites for hydroxylation is 3. The molecule has 110 valence electrons. The summed E-state index contributed by atoms with van der Waals surface area (Å²) >= 11 is 0. The second kappa shape index (κ2) is 7.02. The molecule has 0 spiro atoms. The zero-order valence-electron chi connectivity index (χ0n) is 12.9. The number of aromatic nitrogens is 1. The van der Waals surface area contributed by atoms with E-state index in [1.807, 2.05) is 19.1 Å². The molecule has 2 rings (SSSR count). The van der Waals surface area contributed by atoms with Crippen molar-refractivity contribution < 1.29 is 4.79 Å². The first-order chi connectivity index (χ1) is 10.1. The number of carbonyl (C=O) groups is 1. The molecular formula is C18H22N2O. The lowest BCUT2D eigenvalue weighted by atomic mass is 10.0. The molecule has 0 saturated heterocycles. The molecule has 0 fully saturated rings. The molecule has 21 heavy (non-hydrogen) atoms. The van der Waals surface area contributed by atoms with Crippen LogP contribution in [0.4, 0.5) is 0 Å². The number of nitrogens with zero attached hydrogens (tertiary/aromatic N) is 1. The van der Waals surface area contributed by atoms with E-state index in [1.54, 1.807) is 12.4 Å². The minimum Gasteiger partial charge on any atom is -0.350 e. The first kappa shape index (κ1) is 15.2. The lowest BCUT2D eigenvalue weighted by molar-refractivity contribution is -0.121. The van der Waals surface area contributed by atoms with E-state index in [0.29, 0.717) is 6.42 Å². The lowest BCUT2D eigenvalue weighted by Crippen LogP contribution is -2.26. The normalized spacial score (nSPS) is 12.0. The van der Waals surface area contributed by atoms with Crippen LogP contribution in [0, 0.1) is 13.8 Å². The molecule has 3 heteroatoms. The van der Waals surface area contributed by atoms with Crippen LogP contribution in [-0.2, 0) is 11.2 Å². The fraction of sp³-hybridized carbons (Fsp3) is 0.333. The van der Waals surface area contributed by atoms with E-state index in [9.17, 15) is 4.79 Å². The van der Waals surface area contributed by atoms with Crippen molar-refractivity contribution in [3.05, 3.63) is 65.0 Å². The van der Waals surface area contributed by atoms with Gasteiger partial charge in [0.15, 0.2) is 0 Å². The summed E-state index contributed by atoms with van der Waals surface area (Å²) in [5.41, 5.74) is 4.83. The number of nitrogens with one attached hydrogen (secondary N) is 1. The number of hydrogen-bond acceptors (Lipinski definition) is 2. The predicted octanol–water partition coefficient (Wildman–Crippen LogP) is 3.51. The molecule has 1 atom stereocenters. The van der Waals surface area contributed by atoms with Crippen LogP contribution in [0.2, 0.25) is 0 Å². The zero-order chi connectivity index (χ0) is 15.2. The van der Waals surface area contributed by atoms with Crippen LogP contribution >= 0.6 is 0 Å². The molecule has 1 aromatic heterocycles. The minimum absolute atomic E-state index is 0.0135. The SMILES string of the molecule is Cc1ccc(CCC(=O)NC(C)c2ccncc2)c(C)c1. The van der Waals surface area contributed by atoms with E-state index in [1.165, 1.54) is 16.7 Å². The molecule has 2 aromatic rings. The van der Waals surface area contributed by atoms with Crippen molar-refractivity contribution in [3.63, 3.8) is 0 Å². The fourth-order valence-corrected chi connectivity index (χ4v) is 2.42. The van der Waals surface area contributed by atoms with Gasteiger partial charge in [0.1, 0.15) is 0 Å². The number of pyridine rings is 1. The monoisotopic (exact) mass is 282 g/mol. The molecule has 1 amide bonds. The maximum absolute atomic E-state index is 12.1. The van der Waals surface area contributed by atoms with Crippen LogP contribution in [0.15, 0.2) is 42.7 Å². The van der Waals surface area contributed by atoms with Gasteiger partial charge in [-0.05, 0) is 56.0 Å². The second-order valence-electron chi connectivity index (χ2n) is 5.50. The van der Waals surface area contributed by atoms with Crippen molar-refractivity contribution in [1.29, 1.82) is 0 Å². The molecule has 0 aliphatic carbocycles. The van der Waals surface area contributed by atoms with E-state index in [0.717, 1.165) is 12.0 Å². The molecule has 1 aromatic carbocycles. The third-order valence-electron chi connectivity index (χ3n) is 3.70. The number of amides is 1. The first-order valence-corrected chi connectivity index (χ1v) is 7.31. The lowest BCUT2D eigenvalue weighted by Gasteiger charge is -2.14. The summed E-state index contributed by atoms with van der Waals surface area (Å²) in [6.07, 6.45) is 4.78. The van der Waals surface area contributed by atoms with Gasteiger partial charge in [-0.1, -0.05) is 23.8 Å². The van der Waals surface area contributed by atoms with Crippen molar-refractivity contribution in [1.82, 2.24) is 10.3 Å². The summed E-state index contributed by atoms with van der Waals surface area (Å²) in [7, 11) is 0. The van der Waals surface area contributed by atoms with Crippen LogP contribution in [0.3, 0.4) is 0 Å². The zero-order valence-corrected chi connectivity index (χ0v) is 12.9. The topological polar surface area (TPSA) is 42.0 Å². The summed E-state index contributed by atoms with van der Waals surface area (Å²) in [6, 6.07) is 10.2. The molecule has 0 radical (unpaired) electrons. The Kier molecular flexibility index (Phi) is 5.09. The van der Waals surface area contributed by atoms with Crippen molar-refractivity contribution in [2.24, 2.45) is 0 Å². The Hall–Kier alpha value is -2.16. The summed E-state index contributed by atoms with van der Waals surface area (Å²) in [6.45, 7) is 6.17. The molecule has 1 heterocycles. The maximum Gasteiger partial charge on any atom is 0.220 e. The molecule has 1 unspecified atom stereocenters. The predicted molar refractivity (Wildman–Crippen MR) is 85.0 cm³/mol. The van der Waals surface area contributed by atoms with Gasteiger partial charge in [-0.3, -0.25) is 9.78 Å². The van der Waals surface area contributed by atoms with E-state index in [-0.39, 0.29) is 11.9 Å². The van der Waals surface area contributed by atoms with Gasteiger partial charge >= 0.3 is 0 Å². The Labute approximate surface area is 126 Å². The van der Waals surface area contributed by atoms with Gasteiger partial charge in [-0.15, -0.1) is 0 Å². The van der Waals surface area contributed by atoms with Gasteiger partial charge in [0.05, 0.1) is 6.04 Å². The van der Waals surface area contributed by atoms with Crippen LogP contribution in [0.5, 0.6) is 0 Å². The van der Waals surface area contributed by atoms with Gasteiger partial charge in [0, 0.05) is 18.8 Å². The Morgan fingerprint density at radius 2 is 1.90 bits per heavy atom. The summed E-state index contributed by atoms with van der Waals surface area (Å²) in [5, 5.41) is 3.03. The fourth-order valence-electron chi connectivity index (χ4n) is 2.42. The number of carbonyl (C=O) groups excluding carboxylic acids is 1. The van der Waals surface area contributed by atoms with Gasteiger partial charge in [0.25, 0.3) is 0 Å². The molecule has 0 aliphatic heterocycles. The van der Waals surface area contributed by atoms with Crippen LogP contribution in [0.25, 0.3) is 0 Å². The Bertz CT molecular complexity index is 608. The Morgan fingerprint density at radius 3 is 2.57 bits per heavy atom. The highest BCUT2D eigenvalue weighted by atomic mass is 16.1. The molecule has 3 nitrogen and oxygen atoms in total. The average molecular weight is 282 g/mol. The first-order valence-electron chi connectivity index (χ1n) is 7.31. The highest BCUT2D eigenvalue weighted by Crippen LogP contribution is 2.14. The van der Waals surface area contributed by atoms with Crippen LogP contribution in [0.1, 0.15) is 41.6 Å². The van der Waals surface area contributed by atoms with Crippen LogP contribution < -0.4 is 5.32 Å². The van der Waals surface area contributed by atoms with E-state index in [4.69, 9.17) is 0 Å². The summed E-state index contributed by atoms with van der Waals surface area (Å²) in [4.78, 5) is 16.0. The van der Waals surface area contributed by atoms with Crippen molar-refractivity contribution in [2.45, 2.75) is 39.7 Å². The average Bonchev–Trinajstić information content (AvgIpc) is 2.47. The smallest absolute Gasteiger partial charge is 0.220 e. The Balaban J connectivity index is 1.87. The van der Waals surface area contributed by atoms with Crippen molar-refractivity contribution in [2.75, 3.05) is 0 Å². The van der Waals surface area contributed by atoms with Crippen molar-refractivity contribution in [3.8, 4) is 0 Å². The van der Waals surface area contributed by atoms with Gasteiger partial charge in [0.2, 0.25) is 5.91 Å². The molecule has 1 N–H and O–H groups in total. The molecule has 0 aliphatic rings. The second-order valence-corrected chi connectivity index (χ2v) is 5.50. The highest BCUT2D eigenvalue weighted by Gasteiger charge is 2.10. The number of benzene rings is 1. The van der Waals surface area contributed by atoms with Gasteiger partial charge in [-0.25, -0.2) is 0 Å². The molecule has 0 saturated carbocycles. The Morgan fingerprint density at radius 1 is 1.19 bits per heavy atom. The van der Waals surface area contributed by atoms with Gasteiger partial charge < -0.3 is 5.32 Å². The minimum atomic E-state index is 0.0135. The van der Waals surface area contributed by atoms with E-state index < -0.39 is 0 Å². The third kappa shape index (κ3) is 4.42. The van der Waals surface area contributed by atoms with Gasteiger partial charge in [-0.2, -0.15) is 0 Å². The third-order valence-corrected chi connectivity index (χ3v) is 3.70. The van der Waals surface area contributed by atoms with E-state index >= 15 is 0 Å². The molecule has 0 bridgehead atoms. The largest absolute Gasteiger partial charge is 0.350 e. The summed E-state index contributed by atoms with van der Waals surface area (Å²) in [5.74, 6) is 0.0827. The number of hydrogen-bond donors (Lipinski definition) is 1. The highest BCUT2D eigenvalue weighted by molar-refractivity contribution is 5.76. The quantitative estimate of drug-likeness (QED) is 0.912. The van der Waals surface area contributed by atoms with Crippen LogP contribution in [-0.4, -0.2) is 10.9 Å².